The van der Waals surface area contributed by atoms with Crippen molar-refractivity contribution in [1.29, 1.82) is 0 Å². The summed E-state index contributed by atoms with van der Waals surface area (Å²) in [6.45, 7) is 2.09. The van der Waals surface area contributed by atoms with E-state index in [1.165, 1.54) is 20.0 Å². The van der Waals surface area contributed by atoms with Gasteiger partial charge in [-0.05, 0) is 20.3 Å². The number of nitrogens with one attached hydrogen (secondary N) is 1. The van der Waals surface area contributed by atoms with Crippen molar-refractivity contribution >= 4 is 11.8 Å². The summed E-state index contributed by atoms with van der Waals surface area (Å²) < 4.78 is 21.6. The third-order valence-corrected chi connectivity index (χ3v) is 4.52. The minimum absolute atomic E-state index is 0.0127. The summed E-state index contributed by atoms with van der Waals surface area (Å²) in [4.78, 5) is 48.0. The van der Waals surface area contributed by atoms with Gasteiger partial charge in [-0.25, -0.2) is 9.18 Å². The van der Waals surface area contributed by atoms with Crippen LogP contribution in [0.15, 0.2) is 21.9 Å². The van der Waals surface area contributed by atoms with Gasteiger partial charge in [-0.15, -0.1) is 0 Å². The summed E-state index contributed by atoms with van der Waals surface area (Å²) >= 11 is 0. The standard InChI is InChI=1S/C16H21FN2O6/c1-9(21)3-4-13(23)25-14-10(8-20)7-11(16(14,2)17)19-6-5-12(22)18-15(19)24/h5-6,10-11,14,20H,3-4,7-8H2,1-2H3,(H,18,22,24)/t10-,11-,14-,16+/m1/s1. The lowest BCUT2D eigenvalue weighted by atomic mass is 9.98. The normalized spacial score (nSPS) is 28.7. The first-order chi connectivity index (χ1) is 11.7. The van der Waals surface area contributed by atoms with Gasteiger partial charge in [0.2, 0.25) is 0 Å². The molecule has 1 saturated carbocycles. The van der Waals surface area contributed by atoms with Crippen LogP contribution in [0, 0.1) is 5.92 Å². The van der Waals surface area contributed by atoms with E-state index < -0.39 is 47.6 Å². The first-order valence-electron chi connectivity index (χ1n) is 7.97. The number of hydrogen-bond donors (Lipinski definition) is 2. The number of halogens is 1. The van der Waals surface area contributed by atoms with Gasteiger partial charge in [0.25, 0.3) is 5.56 Å². The molecule has 0 unspecified atom stereocenters. The fourth-order valence-corrected chi connectivity index (χ4v) is 3.21. The molecule has 1 aromatic heterocycles. The van der Waals surface area contributed by atoms with Gasteiger partial charge in [-0.3, -0.25) is 19.1 Å². The average Bonchev–Trinajstić information content (AvgIpc) is 2.76. The predicted octanol–water partition coefficient (Wildman–Crippen LogP) is 0.0991. The maximum atomic E-state index is 15.4. The molecule has 4 atom stereocenters. The molecule has 0 aliphatic heterocycles. The number of aromatic amines is 1. The van der Waals surface area contributed by atoms with Gasteiger partial charge in [0.15, 0.2) is 5.67 Å². The topological polar surface area (TPSA) is 118 Å². The predicted molar refractivity (Wildman–Crippen MR) is 84.9 cm³/mol. The van der Waals surface area contributed by atoms with E-state index in [4.69, 9.17) is 4.74 Å². The van der Waals surface area contributed by atoms with Gasteiger partial charge < -0.3 is 14.6 Å². The molecule has 1 aliphatic rings. The van der Waals surface area contributed by atoms with Gasteiger partial charge in [0, 0.05) is 31.2 Å². The quantitative estimate of drug-likeness (QED) is 0.698. The Labute approximate surface area is 142 Å². The number of ether oxygens (including phenoxy) is 1. The van der Waals surface area contributed by atoms with Gasteiger partial charge in [0.1, 0.15) is 11.9 Å². The fourth-order valence-electron chi connectivity index (χ4n) is 3.21. The molecule has 1 heterocycles. The van der Waals surface area contributed by atoms with E-state index in [2.05, 4.69) is 4.98 Å². The van der Waals surface area contributed by atoms with Crippen LogP contribution in [0.4, 0.5) is 4.39 Å². The second-order valence-electron chi connectivity index (χ2n) is 6.48. The Bertz CT molecular complexity index is 768. The molecule has 0 spiro atoms. The van der Waals surface area contributed by atoms with Gasteiger partial charge in [-0.1, -0.05) is 0 Å². The summed E-state index contributed by atoms with van der Waals surface area (Å²) in [7, 11) is 0. The van der Waals surface area contributed by atoms with Crippen LogP contribution >= 0.6 is 0 Å². The van der Waals surface area contributed by atoms with E-state index in [1.807, 2.05) is 0 Å². The number of hydrogen-bond acceptors (Lipinski definition) is 6. The maximum absolute atomic E-state index is 15.4. The Morgan fingerprint density at radius 1 is 1.44 bits per heavy atom. The van der Waals surface area contributed by atoms with Crippen LogP contribution in [0.2, 0.25) is 0 Å². The Morgan fingerprint density at radius 2 is 2.12 bits per heavy atom. The summed E-state index contributed by atoms with van der Waals surface area (Å²) in [6.07, 6.45) is -0.219. The molecule has 0 bridgehead atoms. The number of Topliss-reactive ketones (excluding diaryl/α,β-unsaturated/α-hetero) is 1. The van der Waals surface area contributed by atoms with Crippen molar-refractivity contribution in [3.63, 3.8) is 0 Å². The number of H-pyrrole nitrogens is 1. The number of aromatic nitrogens is 2. The highest BCUT2D eigenvalue weighted by Gasteiger charge is 2.56. The first kappa shape index (κ1) is 19.0. The van der Waals surface area contributed by atoms with E-state index in [-0.39, 0.29) is 25.0 Å². The van der Waals surface area contributed by atoms with E-state index in [0.717, 1.165) is 10.6 Å². The molecule has 8 nitrogen and oxygen atoms in total. The van der Waals surface area contributed by atoms with Crippen LogP contribution in [0.5, 0.6) is 0 Å². The number of esters is 1. The van der Waals surface area contributed by atoms with Crippen molar-refractivity contribution in [1.82, 2.24) is 9.55 Å². The molecule has 2 rings (SSSR count). The maximum Gasteiger partial charge on any atom is 0.328 e. The Balaban J connectivity index is 2.26. The number of carbonyl (C=O) groups excluding carboxylic acids is 2. The molecule has 138 valence electrons. The molecule has 1 fully saturated rings. The Hall–Kier alpha value is -2.29. The van der Waals surface area contributed by atoms with Crippen LogP contribution in [-0.4, -0.2) is 44.8 Å². The highest BCUT2D eigenvalue weighted by Crippen LogP contribution is 2.46. The second-order valence-corrected chi connectivity index (χ2v) is 6.48. The highest BCUT2D eigenvalue weighted by molar-refractivity contribution is 5.81. The van der Waals surface area contributed by atoms with Crippen molar-refractivity contribution in [3.8, 4) is 0 Å². The summed E-state index contributed by atoms with van der Waals surface area (Å²) in [5.74, 6) is -1.64. The van der Waals surface area contributed by atoms with Crippen molar-refractivity contribution in [3.05, 3.63) is 33.1 Å². The van der Waals surface area contributed by atoms with Crippen LogP contribution < -0.4 is 11.2 Å². The van der Waals surface area contributed by atoms with Crippen molar-refractivity contribution < 1.29 is 23.8 Å². The lowest BCUT2D eigenvalue weighted by Crippen LogP contribution is -2.44. The van der Waals surface area contributed by atoms with E-state index in [9.17, 15) is 24.3 Å². The molecule has 2 N–H and O–H groups in total. The first-order valence-corrected chi connectivity index (χ1v) is 7.97. The summed E-state index contributed by atoms with van der Waals surface area (Å²) in [6, 6.07) is 0.0806. The lowest BCUT2D eigenvalue weighted by Gasteiger charge is -2.30. The zero-order valence-electron chi connectivity index (χ0n) is 14.0. The van der Waals surface area contributed by atoms with Gasteiger partial charge >= 0.3 is 11.7 Å². The highest BCUT2D eigenvalue weighted by atomic mass is 19.1. The number of ketones is 1. The van der Waals surface area contributed by atoms with Crippen LogP contribution in [0.1, 0.15) is 39.2 Å². The molecule has 25 heavy (non-hydrogen) atoms. The lowest BCUT2D eigenvalue weighted by molar-refractivity contribution is -0.160. The number of aliphatic hydroxyl groups is 1. The Kier molecular flexibility index (Phi) is 5.56. The second kappa shape index (κ2) is 7.30. The number of nitrogens with zero attached hydrogens (tertiary/aromatic N) is 1. The number of rotatable bonds is 6. The fraction of sp³-hybridized carbons (Fsp3) is 0.625. The van der Waals surface area contributed by atoms with Crippen molar-refractivity contribution in [2.75, 3.05) is 6.61 Å². The summed E-state index contributed by atoms with van der Waals surface area (Å²) in [5.41, 5.74) is -3.52. The van der Waals surface area contributed by atoms with E-state index in [1.54, 1.807) is 0 Å². The third kappa shape index (κ3) is 4.04. The van der Waals surface area contributed by atoms with Crippen LogP contribution in [0.25, 0.3) is 0 Å². The Morgan fingerprint density at radius 3 is 2.68 bits per heavy atom. The zero-order valence-corrected chi connectivity index (χ0v) is 14.0. The largest absolute Gasteiger partial charge is 0.458 e. The molecule has 0 aromatic carbocycles. The molecular weight excluding hydrogens is 335 g/mol. The molecule has 0 radical (unpaired) electrons. The minimum Gasteiger partial charge on any atom is -0.458 e. The molecule has 0 amide bonds. The molecular formula is C16H21FN2O6. The van der Waals surface area contributed by atoms with Gasteiger partial charge in [0.05, 0.1) is 12.5 Å². The minimum atomic E-state index is -2.14. The van der Waals surface area contributed by atoms with E-state index in [0.29, 0.717) is 0 Å². The molecule has 1 aliphatic carbocycles. The summed E-state index contributed by atoms with van der Waals surface area (Å²) in [5, 5.41) is 9.52. The van der Waals surface area contributed by atoms with Crippen LogP contribution in [-0.2, 0) is 14.3 Å². The molecule has 1 aromatic rings. The van der Waals surface area contributed by atoms with Crippen LogP contribution in [0.3, 0.4) is 0 Å². The number of alkyl halides is 1. The monoisotopic (exact) mass is 356 g/mol. The molecule has 9 heteroatoms. The van der Waals surface area contributed by atoms with Crippen molar-refractivity contribution in [2.24, 2.45) is 5.92 Å². The van der Waals surface area contributed by atoms with Gasteiger partial charge in [-0.2, -0.15) is 0 Å². The van der Waals surface area contributed by atoms with E-state index >= 15 is 4.39 Å². The third-order valence-electron chi connectivity index (χ3n) is 4.52. The SMILES string of the molecule is CC(=O)CCC(=O)O[C@@H]1[C@@H](CO)C[C@@H](n2ccc(=O)[nH]c2=O)[C@]1(C)F. The molecule has 0 saturated heterocycles. The average molecular weight is 356 g/mol. The van der Waals surface area contributed by atoms with Crippen molar-refractivity contribution in [2.45, 2.75) is 50.9 Å². The number of aliphatic hydroxyl groups excluding tert-OH is 1. The number of carbonyl (C=O) groups is 2. The zero-order chi connectivity index (χ0) is 18.8. The smallest absolute Gasteiger partial charge is 0.328 e.